The van der Waals surface area contributed by atoms with Crippen LogP contribution < -0.4 is 14.8 Å². The van der Waals surface area contributed by atoms with Crippen LogP contribution >= 0.6 is 0 Å². The zero-order chi connectivity index (χ0) is 22.3. The molecule has 0 atom stereocenters. The highest BCUT2D eigenvalue weighted by molar-refractivity contribution is 6.02. The Kier molecular flexibility index (Phi) is 4.85. The van der Waals surface area contributed by atoms with Crippen LogP contribution in [0.5, 0.6) is 11.5 Å². The second-order valence-electron chi connectivity index (χ2n) is 8.20. The van der Waals surface area contributed by atoms with Crippen LogP contribution in [0.25, 0.3) is 11.1 Å². The second-order valence-corrected chi connectivity index (χ2v) is 8.20. The van der Waals surface area contributed by atoms with Gasteiger partial charge in [0, 0.05) is 5.69 Å². The third kappa shape index (κ3) is 3.47. The van der Waals surface area contributed by atoms with E-state index in [1.165, 1.54) is 7.11 Å². The number of anilines is 1. The summed E-state index contributed by atoms with van der Waals surface area (Å²) in [6, 6.07) is 18.8. The number of methoxy groups -OCH3 is 1. The fraction of sp³-hybridized carbons (Fsp3) is 0.231. The molecule has 6 nitrogen and oxygen atoms in total. The van der Waals surface area contributed by atoms with Gasteiger partial charge in [0.15, 0.2) is 11.5 Å². The lowest BCUT2D eigenvalue weighted by atomic mass is 9.94. The van der Waals surface area contributed by atoms with Gasteiger partial charge in [-0.1, -0.05) is 24.3 Å². The fourth-order valence-electron chi connectivity index (χ4n) is 4.13. The number of hydrogen-bond donors (Lipinski definition) is 1. The number of fused-ring (bicyclic) bond motifs is 1. The molecule has 5 rings (SSSR count). The maximum Gasteiger partial charge on any atom is 0.337 e. The molecule has 0 radical (unpaired) electrons. The smallest absolute Gasteiger partial charge is 0.337 e. The fourth-order valence-corrected chi connectivity index (χ4v) is 4.13. The van der Waals surface area contributed by atoms with Crippen LogP contribution in [0.4, 0.5) is 5.69 Å². The van der Waals surface area contributed by atoms with Crippen LogP contribution in [0.15, 0.2) is 60.7 Å². The van der Waals surface area contributed by atoms with Gasteiger partial charge in [0.05, 0.1) is 18.1 Å². The molecule has 0 aromatic heterocycles. The van der Waals surface area contributed by atoms with E-state index in [0.29, 0.717) is 17.1 Å². The topological polar surface area (TPSA) is 73.9 Å². The molecule has 1 heterocycles. The van der Waals surface area contributed by atoms with E-state index in [1.807, 2.05) is 55.5 Å². The van der Waals surface area contributed by atoms with Crippen LogP contribution in [0.1, 0.15) is 34.3 Å². The molecule has 6 heteroatoms. The molecule has 3 aromatic carbocycles. The van der Waals surface area contributed by atoms with E-state index >= 15 is 0 Å². The van der Waals surface area contributed by atoms with Crippen LogP contribution in [-0.4, -0.2) is 25.8 Å². The Hall–Kier alpha value is -3.80. The van der Waals surface area contributed by atoms with Crippen molar-refractivity contribution >= 4 is 17.6 Å². The number of carbonyl (C=O) groups is 2. The number of rotatable bonds is 5. The quantitative estimate of drug-likeness (QED) is 0.587. The van der Waals surface area contributed by atoms with Crippen molar-refractivity contribution in [2.24, 2.45) is 0 Å². The van der Waals surface area contributed by atoms with Crippen molar-refractivity contribution in [2.75, 3.05) is 19.2 Å². The van der Waals surface area contributed by atoms with Gasteiger partial charge in [0.25, 0.3) is 0 Å². The van der Waals surface area contributed by atoms with Gasteiger partial charge in [0.1, 0.15) is 0 Å². The van der Waals surface area contributed by atoms with Crippen LogP contribution in [0.3, 0.4) is 0 Å². The van der Waals surface area contributed by atoms with E-state index in [9.17, 15) is 9.59 Å². The van der Waals surface area contributed by atoms with Crippen molar-refractivity contribution in [3.05, 3.63) is 77.4 Å². The first-order chi connectivity index (χ1) is 15.5. The third-order valence-electron chi connectivity index (χ3n) is 6.22. The molecule has 0 unspecified atom stereocenters. The summed E-state index contributed by atoms with van der Waals surface area (Å²) in [4.78, 5) is 24.9. The SMILES string of the molecule is COC(=O)c1ccc(-c2cc(NC(=O)C3(c4ccc5c(c4)OCO5)CC3)ccc2C)cc1. The lowest BCUT2D eigenvalue weighted by Gasteiger charge is -2.17. The van der Waals surface area contributed by atoms with Gasteiger partial charge in [-0.05, 0) is 78.4 Å². The highest BCUT2D eigenvalue weighted by Gasteiger charge is 2.51. The molecule has 1 fully saturated rings. The molecule has 162 valence electrons. The zero-order valence-electron chi connectivity index (χ0n) is 17.9. The minimum Gasteiger partial charge on any atom is -0.465 e. The average molecular weight is 429 g/mol. The van der Waals surface area contributed by atoms with Crippen LogP contribution in [0, 0.1) is 6.92 Å². The number of hydrogen-bond acceptors (Lipinski definition) is 5. The molecule has 32 heavy (non-hydrogen) atoms. The minimum atomic E-state index is -0.534. The maximum atomic E-state index is 13.2. The molecule has 1 saturated carbocycles. The monoisotopic (exact) mass is 429 g/mol. The Morgan fingerprint density at radius 1 is 0.938 bits per heavy atom. The Balaban J connectivity index is 1.38. The molecule has 1 aliphatic heterocycles. The minimum absolute atomic E-state index is 0.0211. The van der Waals surface area contributed by atoms with Gasteiger partial charge in [-0.15, -0.1) is 0 Å². The zero-order valence-corrected chi connectivity index (χ0v) is 17.9. The third-order valence-corrected chi connectivity index (χ3v) is 6.22. The predicted octanol–water partition coefficient (Wildman–Crippen LogP) is 4.85. The Bertz CT molecular complexity index is 1210. The van der Waals surface area contributed by atoms with Gasteiger partial charge in [-0.3, -0.25) is 4.79 Å². The molecule has 0 saturated heterocycles. The van der Waals surface area contributed by atoms with Gasteiger partial charge < -0.3 is 19.5 Å². The van der Waals surface area contributed by atoms with Crippen LogP contribution in [-0.2, 0) is 14.9 Å². The lowest BCUT2D eigenvalue weighted by molar-refractivity contribution is -0.118. The molecule has 0 spiro atoms. The maximum absolute atomic E-state index is 13.2. The Labute approximate surface area is 186 Å². The molecule has 1 aliphatic carbocycles. The number of carbonyl (C=O) groups excluding carboxylic acids is 2. The molecule has 2 aliphatic rings. The van der Waals surface area contributed by atoms with E-state index in [1.54, 1.807) is 12.1 Å². The average Bonchev–Trinajstić information content (AvgIpc) is 3.50. The van der Waals surface area contributed by atoms with E-state index in [4.69, 9.17) is 14.2 Å². The van der Waals surface area contributed by atoms with Gasteiger partial charge >= 0.3 is 5.97 Å². The predicted molar refractivity (Wildman–Crippen MR) is 120 cm³/mol. The normalized spacial score (nSPS) is 15.2. The summed E-state index contributed by atoms with van der Waals surface area (Å²) in [5.41, 5.74) is 4.68. The number of esters is 1. The summed E-state index contributed by atoms with van der Waals surface area (Å²) in [5.74, 6) is 1.01. The van der Waals surface area contributed by atoms with Crippen molar-refractivity contribution in [2.45, 2.75) is 25.2 Å². The number of benzene rings is 3. The summed E-state index contributed by atoms with van der Waals surface area (Å²) in [6.45, 7) is 2.23. The highest BCUT2D eigenvalue weighted by Crippen LogP contribution is 2.51. The summed E-state index contributed by atoms with van der Waals surface area (Å²) in [6.07, 6.45) is 1.60. The van der Waals surface area contributed by atoms with E-state index in [2.05, 4.69) is 5.32 Å². The summed E-state index contributed by atoms with van der Waals surface area (Å²) in [7, 11) is 1.36. The number of aryl methyl sites for hydroxylation is 1. The first kappa shape index (κ1) is 20.1. The van der Waals surface area contributed by atoms with Crippen molar-refractivity contribution in [1.29, 1.82) is 0 Å². The molecular weight excluding hydrogens is 406 g/mol. The van der Waals surface area contributed by atoms with Crippen molar-refractivity contribution in [1.82, 2.24) is 0 Å². The van der Waals surface area contributed by atoms with E-state index in [0.717, 1.165) is 40.8 Å². The first-order valence-corrected chi connectivity index (χ1v) is 10.5. The van der Waals surface area contributed by atoms with Crippen molar-refractivity contribution < 1.29 is 23.8 Å². The van der Waals surface area contributed by atoms with Crippen molar-refractivity contribution in [3.63, 3.8) is 0 Å². The first-order valence-electron chi connectivity index (χ1n) is 10.5. The molecule has 0 bridgehead atoms. The second kappa shape index (κ2) is 7.71. The summed E-state index contributed by atoms with van der Waals surface area (Å²) >= 11 is 0. The molecular formula is C26H23NO5. The summed E-state index contributed by atoms with van der Waals surface area (Å²) in [5, 5.41) is 3.10. The van der Waals surface area contributed by atoms with Crippen LogP contribution in [0.2, 0.25) is 0 Å². The molecule has 3 aromatic rings. The number of amides is 1. The van der Waals surface area contributed by atoms with Gasteiger partial charge in [0.2, 0.25) is 12.7 Å². The number of nitrogens with one attached hydrogen (secondary N) is 1. The Morgan fingerprint density at radius 3 is 2.41 bits per heavy atom. The van der Waals surface area contributed by atoms with E-state index in [-0.39, 0.29) is 18.7 Å². The molecule has 1 N–H and O–H groups in total. The van der Waals surface area contributed by atoms with Gasteiger partial charge in [-0.2, -0.15) is 0 Å². The van der Waals surface area contributed by atoms with E-state index < -0.39 is 5.41 Å². The van der Waals surface area contributed by atoms with Gasteiger partial charge in [-0.25, -0.2) is 4.79 Å². The van der Waals surface area contributed by atoms with Crippen molar-refractivity contribution in [3.8, 4) is 22.6 Å². The standard InChI is InChI=1S/C26H23NO5/c1-16-3-9-20(14-21(16)17-4-6-18(7-5-17)24(28)30-2)27-25(29)26(11-12-26)19-8-10-22-23(13-19)32-15-31-22/h3-10,13-14H,11-12,15H2,1-2H3,(H,27,29). The lowest BCUT2D eigenvalue weighted by Crippen LogP contribution is -2.27. The number of ether oxygens (including phenoxy) is 3. The largest absolute Gasteiger partial charge is 0.465 e. The summed E-state index contributed by atoms with van der Waals surface area (Å²) < 4.78 is 15.6. The Morgan fingerprint density at radius 2 is 1.69 bits per heavy atom. The molecule has 1 amide bonds. The highest BCUT2D eigenvalue weighted by atomic mass is 16.7.